The maximum atomic E-state index is 12.4. The molecule has 10 heteroatoms. The van der Waals surface area contributed by atoms with Crippen LogP contribution in [-0.4, -0.2) is 47.0 Å². The van der Waals surface area contributed by atoms with Gasteiger partial charge in [-0.2, -0.15) is 0 Å². The summed E-state index contributed by atoms with van der Waals surface area (Å²) in [6.45, 7) is 2.23. The van der Waals surface area contributed by atoms with Gasteiger partial charge in [0.25, 0.3) is 0 Å². The molecule has 0 aliphatic carbocycles. The van der Waals surface area contributed by atoms with Crippen LogP contribution in [0.2, 0.25) is 0 Å². The molecule has 0 fully saturated rings. The fourth-order valence-electron chi connectivity index (χ4n) is 2.81. The molecular formula is C22H26N2O7S. The summed E-state index contributed by atoms with van der Waals surface area (Å²) < 4.78 is 36.1. The zero-order valence-corrected chi connectivity index (χ0v) is 19.0. The largest absolute Gasteiger partial charge is 0.465 e. The molecule has 2 aromatic rings. The standard InChI is InChI=1S/C22H26N2O7S/c1-4-11-23-32(28,29)19-8-5-15(6-9-19)7-10-20(25)24-18-13-16(21(26)30-2)12-17(14-18)22(27)31-3/h5-6,8-9,12-14,23H,4,7,10-11H2,1-3H3,(H,24,25). The third-order valence-corrected chi connectivity index (χ3v) is 5.95. The highest BCUT2D eigenvalue weighted by molar-refractivity contribution is 7.89. The average molecular weight is 463 g/mol. The van der Waals surface area contributed by atoms with Gasteiger partial charge in [-0.05, 0) is 48.7 Å². The smallest absolute Gasteiger partial charge is 0.337 e. The number of anilines is 1. The van der Waals surface area contributed by atoms with Gasteiger partial charge < -0.3 is 14.8 Å². The molecule has 0 unspecified atom stereocenters. The van der Waals surface area contributed by atoms with E-state index in [1.807, 2.05) is 6.92 Å². The summed E-state index contributed by atoms with van der Waals surface area (Å²) in [5.74, 6) is -1.66. The van der Waals surface area contributed by atoms with Crippen LogP contribution in [0.25, 0.3) is 0 Å². The number of benzene rings is 2. The summed E-state index contributed by atoms with van der Waals surface area (Å²) in [5.41, 5.74) is 1.23. The second kappa shape index (κ2) is 11.4. The van der Waals surface area contributed by atoms with Crippen LogP contribution in [0, 0.1) is 0 Å². The fourth-order valence-corrected chi connectivity index (χ4v) is 3.94. The van der Waals surface area contributed by atoms with Gasteiger partial charge in [-0.25, -0.2) is 22.7 Å². The molecule has 0 saturated heterocycles. The van der Waals surface area contributed by atoms with Crippen molar-refractivity contribution < 1.29 is 32.3 Å². The van der Waals surface area contributed by atoms with E-state index in [0.29, 0.717) is 19.4 Å². The van der Waals surface area contributed by atoms with Crippen LogP contribution < -0.4 is 10.0 Å². The van der Waals surface area contributed by atoms with E-state index in [1.54, 1.807) is 12.1 Å². The Morgan fingerprint density at radius 1 is 0.906 bits per heavy atom. The maximum Gasteiger partial charge on any atom is 0.337 e. The number of rotatable bonds is 10. The zero-order chi connectivity index (χ0) is 23.7. The van der Waals surface area contributed by atoms with Crippen molar-refractivity contribution in [3.63, 3.8) is 0 Å². The first kappa shape index (κ1) is 25.0. The first-order valence-electron chi connectivity index (χ1n) is 9.90. The van der Waals surface area contributed by atoms with Gasteiger partial charge in [0, 0.05) is 18.7 Å². The van der Waals surface area contributed by atoms with Crippen molar-refractivity contribution in [2.75, 3.05) is 26.1 Å². The van der Waals surface area contributed by atoms with Crippen LogP contribution in [0.4, 0.5) is 5.69 Å². The fraction of sp³-hybridized carbons (Fsp3) is 0.318. The van der Waals surface area contributed by atoms with Crippen LogP contribution in [0.3, 0.4) is 0 Å². The number of aryl methyl sites for hydroxylation is 1. The van der Waals surface area contributed by atoms with Crippen molar-refractivity contribution in [2.24, 2.45) is 0 Å². The minimum absolute atomic E-state index is 0.0965. The molecule has 2 rings (SSSR count). The summed E-state index contributed by atoms with van der Waals surface area (Å²) >= 11 is 0. The molecule has 2 N–H and O–H groups in total. The highest BCUT2D eigenvalue weighted by Crippen LogP contribution is 2.18. The van der Waals surface area contributed by atoms with Crippen molar-refractivity contribution in [1.82, 2.24) is 4.72 Å². The molecule has 0 aliphatic heterocycles. The molecule has 0 atom stereocenters. The Morgan fingerprint density at radius 2 is 1.47 bits per heavy atom. The van der Waals surface area contributed by atoms with E-state index in [2.05, 4.69) is 19.5 Å². The van der Waals surface area contributed by atoms with E-state index in [1.165, 1.54) is 44.6 Å². The van der Waals surface area contributed by atoms with Crippen LogP contribution in [0.1, 0.15) is 46.0 Å². The van der Waals surface area contributed by atoms with Crippen molar-refractivity contribution in [3.8, 4) is 0 Å². The highest BCUT2D eigenvalue weighted by Gasteiger charge is 2.16. The number of methoxy groups -OCH3 is 2. The normalized spacial score (nSPS) is 11.0. The number of hydrogen-bond donors (Lipinski definition) is 2. The number of carbonyl (C=O) groups excluding carboxylic acids is 3. The van der Waals surface area contributed by atoms with Crippen LogP contribution in [0.15, 0.2) is 47.4 Å². The van der Waals surface area contributed by atoms with E-state index in [-0.39, 0.29) is 34.0 Å². The predicted molar refractivity (Wildman–Crippen MR) is 118 cm³/mol. The molecular weight excluding hydrogens is 436 g/mol. The molecule has 32 heavy (non-hydrogen) atoms. The van der Waals surface area contributed by atoms with Crippen LogP contribution >= 0.6 is 0 Å². The van der Waals surface area contributed by atoms with Gasteiger partial charge in [0.15, 0.2) is 0 Å². The molecule has 0 bridgehead atoms. The third-order valence-electron chi connectivity index (χ3n) is 4.48. The Labute approximate surface area is 187 Å². The summed E-state index contributed by atoms with van der Waals surface area (Å²) in [4.78, 5) is 36.2. The number of amides is 1. The molecule has 0 spiro atoms. The maximum absolute atomic E-state index is 12.4. The average Bonchev–Trinajstić information content (AvgIpc) is 2.80. The second-order valence-electron chi connectivity index (χ2n) is 6.87. The van der Waals surface area contributed by atoms with Gasteiger partial charge in [0.05, 0.1) is 30.2 Å². The van der Waals surface area contributed by atoms with Gasteiger partial charge in [0.2, 0.25) is 15.9 Å². The van der Waals surface area contributed by atoms with Crippen LogP contribution in [-0.2, 0) is 30.7 Å². The monoisotopic (exact) mass is 462 g/mol. The Hall–Kier alpha value is -3.24. The van der Waals surface area contributed by atoms with Crippen LogP contribution in [0.5, 0.6) is 0 Å². The Morgan fingerprint density at radius 3 is 1.97 bits per heavy atom. The molecule has 2 aromatic carbocycles. The quantitative estimate of drug-likeness (QED) is 0.519. The van der Waals surface area contributed by atoms with E-state index in [9.17, 15) is 22.8 Å². The number of ether oxygens (including phenoxy) is 2. The molecule has 0 aromatic heterocycles. The van der Waals surface area contributed by atoms with Gasteiger partial charge >= 0.3 is 11.9 Å². The lowest BCUT2D eigenvalue weighted by Gasteiger charge is -2.10. The predicted octanol–water partition coefficient (Wildman–Crippen LogP) is 2.52. The summed E-state index contributed by atoms with van der Waals surface area (Å²) in [5, 5.41) is 2.65. The molecule has 1 amide bonds. The summed E-state index contributed by atoms with van der Waals surface area (Å²) in [6.07, 6.45) is 1.17. The second-order valence-corrected chi connectivity index (χ2v) is 8.64. The van der Waals surface area contributed by atoms with Crippen molar-refractivity contribution >= 4 is 33.6 Å². The Kier molecular flexibility index (Phi) is 8.91. The lowest BCUT2D eigenvalue weighted by Crippen LogP contribution is -2.24. The van der Waals surface area contributed by atoms with E-state index < -0.39 is 22.0 Å². The van der Waals surface area contributed by atoms with Crippen molar-refractivity contribution in [1.29, 1.82) is 0 Å². The molecule has 0 saturated carbocycles. The number of nitrogens with one attached hydrogen (secondary N) is 2. The minimum Gasteiger partial charge on any atom is -0.465 e. The van der Waals surface area contributed by atoms with Gasteiger partial charge in [-0.3, -0.25) is 4.79 Å². The number of carbonyl (C=O) groups is 3. The van der Waals surface area contributed by atoms with Gasteiger partial charge in [-0.1, -0.05) is 19.1 Å². The molecule has 0 aliphatic rings. The summed E-state index contributed by atoms with van der Waals surface area (Å²) in [6, 6.07) is 10.4. The lowest BCUT2D eigenvalue weighted by atomic mass is 10.1. The molecule has 9 nitrogen and oxygen atoms in total. The zero-order valence-electron chi connectivity index (χ0n) is 18.1. The molecule has 172 valence electrons. The number of hydrogen-bond acceptors (Lipinski definition) is 7. The van der Waals surface area contributed by atoms with E-state index in [0.717, 1.165) is 5.56 Å². The highest BCUT2D eigenvalue weighted by atomic mass is 32.2. The van der Waals surface area contributed by atoms with Crippen molar-refractivity contribution in [3.05, 3.63) is 59.2 Å². The SMILES string of the molecule is CCCNS(=O)(=O)c1ccc(CCC(=O)Nc2cc(C(=O)OC)cc(C(=O)OC)c2)cc1. The van der Waals surface area contributed by atoms with Gasteiger partial charge in [-0.15, -0.1) is 0 Å². The van der Waals surface area contributed by atoms with E-state index in [4.69, 9.17) is 0 Å². The number of esters is 2. The molecule has 0 heterocycles. The molecule has 0 radical (unpaired) electrons. The van der Waals surface area contributed by atoms with Gasteiger partial charge in [0.1, 0.15) is 0 Å². The lowest BCUT2D eigenvalue weighted by molar-refractivity contribution is -0.116. The Balaban J connectivity index is 2.05. The van der Waals surface area contributed by atoms with E-state index >= 15 is 0 Å². The number of sulfonamides is 1. The minimum atomic E-state index is -3.54. The first-order valence-corrected chi connectivity index (χ1v) is 11.4. The van der Waals surface area contributed by atoms with Crippen molar-refractivity contribution in [2.45, 2.75) is 31.1 Å². The summed E-state index contributed by atoms with van der Waals surface area (Å²) in [7, 11) is -1.12. The topological polar surface area (TPSA) is 128 Å². The first-order chi connectivity index (χ1) is 15.2. The Bertz CT molecular complexity index is 1050. The third kappa shape index (κ3) is 6.89.